The quantitative estimate of drug-likeness (QED) is 0.0600. The highest BCUT2D eigenvalue weighted by atomic mass is 35.5. The van der Waals surface area contributed by atoms with Gasteiger partial charge >= 0.3 is 11.9 Å². The number of guanidine groups is 4. The zero-order chi connectivity index (χ0) is 32.5. The Morgan fingerprint density at radius 1 is 0.609 bits per heavy atom. The van der Waals surface area contributed by atoms with Crippen LogP contribution in [0, 0.1) is 21.6 Å². The molecule has 0 heterocycles. The molecule has 0 aliphatic rings. The predicted octanol–water partition coefficient (Wildman–Crippen LogP) is 4.84. The summed E-state index contributed by atoms with van der Waals surface area (Å²) in [5.74, 6) is -1.13. The van der Waals surface area contributed by atoms with E-state index in [1.54, 1.807) is 76.2 Å². The van der Waals surface area contributed by atoms with Gasteiger partial charge in [0.15, 0.2) is 23.8 Å². The highest BCUT2D eigenvalue weighted by molar-refractivity contribution is 6.04. The van der Waals surface area contributed by atoms with Crippen LogP contribution in [0.15, 0.2) is 48.5 Å². The van der Waals surface area contributed by atoms with Gasteiger partial charge in [-0.1, -0.05) is 25.0 Å². The van der Waals surface area contributed by atoms with Crippen LogP contribution in [0.1, 0.15) is 74.1 Å². The molecule has 0 unspecified atom stereocenters. The average molecular weight is 682 g/mol. The second-order valence-corrected chi connectivity index (χ2v) is 10.3. The van der Waals surface area contributed by atoms with Crippen molar-refractivity contribution in [3.63, 3.8) is 0 Å². The molecule has 0 fully saturated rings. The number of hydrogen-bond acceptors (Lipinski definition) is 8. The van der Waals surface area contributed by atoms with Crippen LogP contribution in [-0.2, 0) is 9.47 Å². The van der Waals surface area contributed by atoms with Crippen molar-refractivity contribution in [2.45, 2.75) is 65.6 Å². The van der Waals surface area contributed by atoms with E-state index in [4.69, 9.17) is 31.1 Å². The van der Waals surface area contributed by atoms with Crippen molar-refractivity contribution in [2.24, 2.45) is 0 Å². The van der Waals surface area contributed by atoms with Gasteiger partial charge in [0.05, 0.1) is 23.3 Å². The Morgan fingerprint density at radius 3 is 1.33 bits per heavy atom. The number of hydrogen-bond donors (Lipinski definition) is 10. The van der Waals surface area contributed by atoms with Crippen LogP contribution in [0.25, 0.3) is 0 Å². The number of esters is 2. The monoisotopic (exact) mass is 680 g/mol. The number of unbranched alkanes of at least 4 members (excludes halogenated alkanes) is 3. The first-order valence-corrected chi connectivity index (χ1v) is 14.4. The maximum atomic E-state index is 12.1. The Balaban J connectivity index is 0.0000101. The van der Waals surface area contributed by atoms with Gasteiger partial charge in [-0.25, -0.2) is 9.59 Å². The van der Waals surface area contributed by atoms with E-state index >= 15 is 0 Å². The number of benzene rings is 2. The van der Waals surface area contributed by atoms with Crippen LogP contribution in [0.3, 0.4) is 0 Å². The topological polar surface area (TPSA) is 220 Å². The molecule has 0 radical (unpaired) electrons. The van der Waals surface area contributed by atoms with Gasteiger partial charge in [0, 0.05) is 24.5 Å². The number of anilines is 2. The van der Waals surface area contributed by atoms with E-state index < -0.39 is 11.9 Å². The van der Waals surface area contributed by atoms with Gasteiger partial charge in [-0.2, -0.15) is 0 Å². The first-order chi connectivity index (χ1) is 20.9. The van der Waals surface area contributed by atoms with Crippen molar-refractivity contribution >= 4 is 72.0 Å². The molecule has 2 aromatic carbocycles. The summed E-state index contributed by atoms with van der Waals surface area (Å²) in [5, 5.41) is 48.7. The summed E-state index contributed by atoms with van der Waals surface area (Å²) in [6, 6.07) is 13.2. The summed E-state index contributed by atoms with van der Waals surface area (Å²) in [6.07, 6.45) is 2.99. The molecule has 0 aliphatic heterocycles. The highest BCUT2D eigenvalue weighted by Gasteiger charge is 2.12. The fraction of sp³-hybridized carbons (Fsp3) is 0.400. The minimum atomic E-state index is -0.442. The number of nitrogens with one attached hydrogen (secondary N) is 10. The number of carbonyl (C=O) groups excluding carboxylic acids is 2. The number of halogens is 2. The molecular weight excluding hydrogens is 635 g/mol. The first kappa shape index (κ1) is 41.4. The molecule has 0 atom stereocenters. The van der Waals surface area contributed by atoms with E-state index in [0.717, 1.165) is 25.7 Å². The van der Waals surface area contributed by atoms with Crippen LogP contribution in [0.2, 0.25) is 0 Å². The lowest BCUT2D eigenvalue weighted by Crippen LogP contribution is -2.43. The Bertz CT molecular complexity index is 1220. The van der Waals surface area contributed by atoms with Gasteiger partial charge in [-0.15, -0.1) is 24.8 Å². The Kier molecular flexibility index (Phi) is 19.8. The smallest absolute Gasteiger partial charge is 0.338 e. The lowest BCUT2D eigenvalue weighted by Gasteiger charge is -2.14. The molecule has 0 bridgehead atoms. The molecule has 0 saturated heterocycles. The molecule has 0 spiro atoms. The molecule has 0 aromatic heterocycles. The van der Waals surface area contributed by atoms with E-state index in [1.807, 2.05) is 0 Å². The minimum Gasteiger partial charge on any atom is -0.459 e. The van der Waals surface area contributed by atoms with Crippen molar-refractivity contribution in [1.29, 1.82) is 21.6 Å². The lowest BCUT2D eigenvalue weighted by molar-refractivity contribution is 0.0367. The lowest BCUT2D eigenvalue weighted by atomic mass is 10.2. The zero-order valence-corrected chi connectivity index (χ0v) is 28.1. The summed E-state index contributed by atoms with van der Waals surface area (Å²) in [7, 11) is 0. The molecule has 0 aliphatic carbocycles. The van der Waals surface area contributed by atoms with Crippen molar-refractivity contribution in [3.8, 4) is 0 Å². The zero-order valence-electron chi connectivity index (χ0n) is 26.5. The highest BCUT2D eigenvalue weighted by Crippen LogP contribution is 2.13. The van der Waals surface area contributed by atoms with Crippen LogP contribution >= 0.6 is 24.8 Å². The van der Waals surface area contributed by atoms with Gasteiger partial charge in [0.2, 0.25) is 0 Å². The van der Waals surface area contributed by atoms with E-state index in [1.165, 1.54) is 0 Å². The molecule has 2 aromatic rings. The Morgan fingerprint density at radius 2 is 0.978 bits per heavy atom. The number of rotatable bonds is 13. The molecule has 2 rings (SSSR count). The van der Waals surface area contributed by atoms with Gasteiger partial charge < -0.3 is 30.7 Å². The largest absolute Gasteiger partial charge is 0.459 e. The van der Waals surface area contributed by atoms with Crippen molar-refractivity contribution < 1.29 is 19.1 Å². The second kappa shape index (κ2) is 22.0. The van der Waals surface area contributed by atoms with Crippen molar-refractivity contribution in [1.82, 2.24) is 21.3 Å². The second-order valence-electron chi connectivity index (χ2n) is 10.3. The summed E-state index contributed by atoms with van der Waals surface area (Å²) in [5.41, 5.74) is 1.78. The van der Waals surface area contributed by atoms with E-state index in [-0.39, 0.29) is 60.9 Å². The van der Waals surface area contributed by atoms with Gasteiger partial charge in [0.25, 0.3) is 0 Å². The van der Waals surface area contributed by atoms with E-state index in [0.29, 0.717) is 35.6 Å². The first-order valence-electron chi connectivity index (χ1n) is 14.4. The number of ether oxygens (including phenoxy) is 2. The molecule has 10 N–H and O–H groups in total. The van der Waals surface area contributed by atoms with E-state index in [9.17, 15) is 9.59 Å². The summed E-state index contributed by atoms with van der Waals surface area (Å²) in [4.78, 5) is 24.1. The number of carbonyl (C=O) groups is 2. The molecule has 16 heteroatoms. The van der Waals surface area contributed by atoms with Crippen LogP contribution in [-0.4, -0.2) is 61.1 Å². The normalized spacial score (nSPS) is 9.96. The molecule has 0 saturated carbocycles. The van der Waals surface area contributed by atoms with Crippen LogP contribution in [0.4, 0.5) is 11.4 Å². The van der Waals surface area contributed by atoms with Crippen molar-refractivity contribution in [3.05, 3.63) is 59.7 Å². The summed E-state index contributed by atoms with van der Waals surface area (Å²) in [6.45, 7) is 8.20. The van der Waals surface area contributed by atoms with Crippen LogP contribution in [0.5, 0.6) is 0 Å². The third kappa shape index (κ3) is 17.1. The third-order valence-electron chi connectivity index (χ3n) is 5.63. The van der Waals surface area contributed by atoms with Gasteiger partial charge in [-0.05, 0) is 76.9 Å². The summed E-state index contributed by atoms with van der Waals surface area (Å²) >= 11 is 0. The van der Waals surface area contributed by atoms with Gasteiger partial charge in [-0.3, -0.25) is 32.3 Å². The van der Waals surface area contributed by atoms with E-state index in [2.05, 4.69) is 31.9 Å². The minimum absolute atomic E-state index is 0. The predicted molar refractivity (Wildman–Crippen MR) is 187 cm³/mol. The molecule has 46 heavy (non-hydrogen) atoms. The third-order valence-corrected chi connectivity index (χ3v) is 5.63. The average Bonchev–Trinajstić information content (AvgIpc) is 2.93. The SMILES string of the molecule is CC(C)OC(=O)c1cccc(NC(=N)NC(=N)NCCCCCCNC(=N)NC(=N)Nc2cccc(C(=O)OC(C)C)c2)c1.Cl.Cl. The van der Waals surface area contributed by atoms with Gasteiger partial charge in [0.1, 0.15) is 0 Å². The Labute approximate surface area is 282 Å². The molecular formula is C30H46Cl2N10O4. The fourth-order valence-corrected chi connectivity index (χ4v) is 3.73. The Hall–Kier alpha value is -4.56. The van der Waals surface area contributed by atoms with Crippen LogP contribution < -0.4 is 31.9 Å². The summed E-state index contributed by atoms with van der Waals surface area (Å²) < 4.78 is 10.4. The fourth-order valence-electron chi connectivity index (χ4n) is 3.73. The maximum absolute atomic E-state index is 12.1. The van der Waals surface area contributed by atoms with Crippen molar-refractivity contribution in [2.75, 3.05) is 23.7 Å². The molecule has 0 amide bonds. The molecule has 254 valence electrons. The molecule has 14 nitrogen and oxygen atoms in total. The standard InChI is InChI=1S/C30H44N10O4.2ClH/c1-19(2)43-25(41)21-11-9-13-23(17-21)37-29(33)39-27(31)35-15-7-5-6-8-16-36-28(32)40-30(34)38-24-14-10-12-22(18-24)26(42)44-20(3)4;;/h9-14,17-20H,5-8,15-16H2,1-4H3,(H5,31,33,35,37,39)(H5,32,34,36,38,40);2*1H. The maximum Gasteiger partial charge on any atom is 0.338 e.